The molecule has 0 saturated carbocycles. The third-order valence-electron chi connectivity index (χ3n) is 3.10. The lowest BCUT2D eigenvalue weighted by molar-refractivity contribution is 0.0128. The van der Waals surface area contributed by atoms with Gasteiger partial charge in [0.05, 0.1) is 5.60 Å². The van der Waals surface area contributed by atoms with Crippen molar-refractivity contribution in [2.24, 2.45) is 0 Å². The van der Waals surface area contributed by atoms with Gasteiger partial charge in [-0.3, -0.25) is 0 Å². The molecule has 1 rings (SSSR count). The van der Waals surface area contributed by atoms with Crippen LogP contribution in [0.2, 0.25) is 0 Å². The van der Waals surface area contributed by atoms with Crippen molar-refractivity contribution >= 4 is 11.6 Å². The molecule has 0 heterocycles. The summed E-state index contributed by atoms with van der Waals surface area (Å²) in [6.45, 7) is 4.23. The quantitative estimate of drug-likeness (QED) is 0.677. The third kappa shape index (κ3) is 4.15. The fourth-order valence-electron chi connectivity index (χ4n) is 1.68. The van der Waals surface area contributed by atoms with Gasteiger partial charge in [-0.05, 0) is 38.2 Å². The molecule has 1 aromatic rings. The maximum absolute atomic E-state index is 6.03. The number of methoxy groups -OCH3 is 1. The smallest absolute Gasteiger partial charge is 0.0623 e. The zero-order chi connectivity index (χ0) is 12.0. The first-order valence-corrected chi connectivity index (χ1v) is 6.28. The van der Waals surface area contributed by atoms with Crippen molar-refractivity contribution < 1.29 is 4.74 Å². The Kier molecular flexibility index (Phi) is 5.30. The van der Waals surface area contributed by atoms with E-state index in [1.54, 1.807) is 7.11 Å². The van der Waals surface area contributed by atoms with Crippen molar-refractivity contribution in [3.05, 3.63) is 35.9 Å². The van der Waals surface area contributed by atoms with Crippen molar-refractivity contribution in [1.29, 1.82) is 0 Å². The van der Waals surface area contributed by atoms with Gasteiger partial charge < -0.3 is 4.74 Å². The van der Waals surface area contributed by atoms with Crippen molar-refractivity contribution in [3.8, 4) is 0 Å². The van der Waals surface area contributed by atoms with E-state index >= 15 is 0 Å². The lowest BCUT2D eigenvalue weighted by Crippen LogP contribution is -2.23. The van der Waals surface area contributed by atoms with Crippen LogP contribution in [0.3, 0.4) is 0 Å². The van der Waals surface area contributed by atoms with Crippen molar-refractivity contribution in [3.63, 3.8) is 0 Å². The van der Waals surface area contributed by atoms with Gasteiger partial charge in [-0.1, -0.05) is 30.3 Å². The molecule has 90 valence electrons. The molecule has 0 bridgehead atoms. The second-order valence-electron chi connectivity index (χ2n) is 4.76. The SMILES string of the molecule is COC(C)(C)CCC(CCl)c1ccccc1. The molecule has 1 nitrogen and oxygen atoms in total. The Morgan fingerprint density at radius 3 is 2.38 bits per heavy atom. The van der Waals surface area contributed by atoms with Crippen LogP contribution in [0.4, 0.5) is 0 Å². The second kappa shape index (κ2) is 6.27. The molecule has 1 aromatic carbocycles. The van der Waals surface area contributed by atoms with Crippen LogP contribution in [-0.2, 0) is 4.74 Å². The molecule has 0 amide bonds. The highest BCUT2D eigenvalue weighted by molar-refractivity contribution is 6.18. The maximum atomic E-state index is 6.03. The number of rotatable bonds is 6. The van der Waals surface area contributed by atoms with Crippen LogP contribution in [0.25, 0.3) is 0 Å². The van der Waals surface area contributed by atoms with E-state index in [9.17, 15) is 0 Å². The molecule has 0 saturated heterocycles. The Bertz CT molecular complexity index is 295. The average molecular weight is 241 g/mol. The van der Waals surface area contributed by atoms with Crippen molar-refractivity contribution in [2.75, 3.05) is 13.0 Å². The molecule has 16 heavy (non-hydrogen) atoms. The van der Waals surface area contributed by atoms with Gasteiger partial charge in [-0.25, -0.2) is 0 Å². The molecule has 0 aliphatic carbocycles. The molecular formula is C14H21ClO. The van der Waals surface area contributed by atoms with Gasteiger partial charge in [0, 0.05) is 13.0 Å². The number of benzene rings is 1. The number of alkyl halides is 1. The molecule has 1 atom stereocenters. The molecule has 2 heteroatoms. The van der Waals surface area contributed by atoms with Gasteiger partial charge in [0.25, 0.3) is 0 Å². The normalized spacial score (nSPS) is 13.8. The summed E-state index contributed by atoms with van der Waals surface area (Å²) in [6.07, 6.45) is 2.09. The summed E-state index contributed by atoms with van der Waals surface area (Å²) in [4.78, 5) is 0. The largest absolute Gasteiger partial charge is 0.379 e. The highest BCUT2D eigenvalue weighted by Gasteiger charge is 2.19. The minimum absolute atomic E-state index is 0.0565. The maximum Gasteiger partial charge on any atom is 0.0623 e. The van der Waals surface area contributed by atoms with Crippen molar-refractivity contribution in [1.82, 2.24) is 0 Å². The Morgan fingerprint density at radius 1 is 1.25 bits per heavy atom. The summed E-state index contributed by atoms with van der Waals surface area (Å²) in [6, 6.07) is 10.5. The monoisotopic (exact) mass is 240 g/mol. The first kappa shape index (κ1) is 13.5. The summed E-state index contributed by atoms with van der Waals surface area (Å²) >= 11 is 6.03. The Morgan fingerprint density at radius 2 is 1.88 bits per heavy atom. The third-order valence-corrected chi connectivity index (χ3v) is 3.48. The van der Waals surface area contributed by atoms with Gasteiger partial charge in [0.15, 0.2) is 0 Å². The number of ether oxygens (including phenoxy) is 1. The minimum Gasteiger partial charge on any atom is -0.379 e. The van der Waals surface area contributed by atoms with E-state index in [0.29, 0.717) is 11.8 Å². The predicted octanol–water partition coefficient (Wildman–Crippen LogP) is 4.21. The van der Waals surface area contributed by atoms with Gasteiger partial charge in [-0.2, -0.15) is 0 Å². The van der Waals surface area contributed by atoms with E-state index < -0.39 is 0 Å². The first-order valence-electron chi connectivity index (χ1n) is 5.75. The van der Waals surface area contributed by atoms with Crippen LogP contribution in [0.5, 0.6) is 0 Å². The molecule has 0 spiro atoms. The van der Waals surface area contributed by atoms with Crippen LogP contribution >= 0.6 is 11.6 Å². The summed E-state index contributed by atoms with van der Waals surface area (Å²) in [5.41, 5.74) is 1.27. The van der Waals surface area contributed by atoms with Gasteiger partial charge in [-0.15, -0.1) is 11.6 Å². The zero-order valence-corrected chi connectivity index (χ0v) is 11.1. The van der Waals surface area contributed by atoms with E-state index in [0.717, 1.165) is 12.8 Å². The molecule has 0 aliphatic heterocycles. The lowest BCUT2D eigenvalue weighted by Gasteiger charge is -2.25. The van der Waals surface area contributed by atoms with Gasteiger partial charge in [0.2, 0.25) is 0 Å². The van der Waals surface area contributed by atoms with E-state index in [2.05, 4.69) is 38.1 Å². The zero-order valence-electron chi connectivity index (χ0n) is 10.4. The van der Waals surface area contributed by atoms with Gasteiger partial charge >= 0.3 is 0 Å². The number of halogens is 1. The summed E-state index contributed by atoms with van der Waals surface area (Å²) in [5.74, 6) is 1.10. The molecule has 1 unspecified atom stereocenters. The summed E-state index contributed by atoms with van der Waals surface area (Å²) in [7, 11) is 1.76. The van der Waals surface area contributed by atoms with Gasteiger partial charge in [0.1, 0.15) is 0 Å². The Hall–Kier alpha value is -0.530. The number of hydrogen-bond donors (Lipinski definition) is 0. The predicted molar refractivity (Wildman–Crippen MR) is 70.2 cm³/mol. The Balaban J connectivity index is 2.57. The van der Waals surface area contributed by atoms with Crippen LogP contribution in [0.15, 0.2) is 30.3 Å². The van der Waals surface area contributed by atoms with Crippen LogP contribution in [0, 0.1) is 0 Å². The summed E-state index contributed by atoms with van der Waals surface area (Å²) in [5, 5.41) is 0. The molecular weight excluding hydrogens is 220 g/mol. The highest BCUT2D eigenvalue weighted by Crippen LogP contribution is 2.27. The molecule has 0 radical (unpaired) electrons. The average Bonchev–Trinajstić information content (AvgIpc) is 2.31. The summed E-state index contributed by atoms with van der Waals surface area (Å²) < 4.78 is 5.43. The fourth-order valence-corrected chi connectivity index (χ4v) is 2.01. The van der Waals surface area contributed by atoms with E-state index in [-0.39, 0.29) is 5.60 Å². The lowest BCUT2D eigenvalue weighted by atomic mass is 9.91. The minimum atomic E-state index is -0.0565. The van der Waals surface area contributed by atoms with Crippen molar-refractivity contribution in [2.45, 2.75) is 38.2 Å². The van der Waals surface area contributed by atoms with Crippen LogP contribution < -0.4 is 0 Å². The van der Waals surface area contributed by atoms with E-state index in [1.165, 1.54) is 5.56 Å². The van der Waals surface area contributed by atoms with E-state index in [1.807, 2.05) is 6.07 Å². The van der Waals surface area contributed by atoms with E-state index in [4.69, 9.17) is 16.3 Å². The topological polar surface area (TPSA) is 9.23 Å². The molecule has 0 fully saturated rings. The Labute approximate surface area is 104 Å². The molecule has 0 aliphatic rings. The van der Waals surface area contributed by atoms with Crippen LogP contribution in [-0.4, -0.2) is 18.6 Å². The highest BCUT2D eigenvalue weighted by atomic mass is 35.5. The molecule has 0 aromatic heterocycles. The second-order valence-corrected chi connectivity index (χ2v) is 5.07. The van der Waals surface area contributed by atoms with Crippen LogP contribution in [0.1, 0.15) is 38.2 Å². The fraction of sp³-hybridized carbons (Fsp3) is 0.571. The molecule has 0 N–H and O–H groups in total. The number of hydrogen-bond acceptors (Lipinski definition) is 1. The standard InChI is InChI=1S/C14H21ClO/c1-14(2,16-3)10-9-13(11-15)12-7-5-4-6-8-12/h4-8,13H,9-11H2,1-3H3. The first-order chi connectivity index (χ1) is 7.59.